The maximum Gasteiger partial charge on any atom is 0.225 e. The molecule has 2 saturated heterocycles. The Morgan fingerprint density at radius 3 is 3.04 bits per heavy atom. The van der Waals surface area contributed by atoms with Crippen molar-refractivity contribution in [1.82, 2.24) is 10.2 Å². The molecule has 1 N–H and O–H groups in total. The van der Waals surface area contributed by atoms with Crippen LogP contribution in [0.5, 0.6) is 0 Å². The van der Waals surface area contributed by atoms with Crippen molar-refractivity contribution < 1.29 is 14.3 Å². The highest BCUT2D eigenvalue weighted by molar-refractivity contribution is 7.10. The third kappa shape index (κ3) is 2.91. The number of piperidine rings is 1. The zero-order valence-electron chi connectivity index (χ0n) is 15.2. The van der Waals surface area contributed by atoms with Gasteiger partial charge in [-0.15, -0.1) is 11.3 Å². The SMILES string of the molecule is O=C([C@H]1CC[C@H]2OCCN[C@@H]2C1)N1CCC2(CC1)OCCc1ccsc12. The van der Waals surface area contributed by atoms with E-state index in [4.69, 9.17) is 9.47 Å². The molecule has 26 heavy (non-hydrogen) atoms. The number of carbonyl (C=O) groups excluding carboxylic acids is 1. The van der Waals surface area contributed by atoms with Crippen LogP contribution in [0.4, 0.5) is 0 Å². The minimum atomic E-state index is -0.130. The summed E-state index contributed by atoms with van der Waals surface area (Å²) >= 11 is 1.83. The monoisotopic (exact) mass is 376 g/mol. The molecule has 0 unspecified atom stereocenters. The van der Waals surface area contributed by atoms with Crippen LogP contribution in [0.15, 0.2) is 11.4 Å². The van der Waals surface area contributed by atoms with Crippen LogP contribution in [0.2, 0.25) is 0 Å². The fourth-order valence-corrected chi connectivity index (χ4v) is 6.48. The molecule has 0 radical (unpaired) electrons. The first-order valence-electron chi connectivity index (χ1n) is 10.1. The number of fused-ring (bicyclic) bond motifs is 3. The van der Waals surface area contributed by atoms with Gasteiger partial charge in [0.2, 0.25) is 5.91 Å². The van der Waals surface area contributed by atoms with Gasteiger partial charge in [-0.1, -0.05) is 0 Å². The first-order chi connectivity index (χ1) is 12.8. The summed E-state index contributed by atoms with van der Waals surface area (Å²) in [6.45, 7) is 4.18. The highest BCUT2D eigenvalue weighted by atomic mass is 32.1. The standard InChI is InChI=1S/C20H28N2O3S/c23-19(15-1-2-17-16(13-15)21-7-11-24-17)22-8-5-20(6-9-22)18-14(3-10-25-20)4-12-26-18/h4,12,15-17,21H,1-3,5-11,13H2/t15-,16+,17+/m0/s1. The van der Waals surface area contributed by atoms with Gasteiger partial charge in [0, 0.05) is 36.5 Å². The van der Waals surface area contributed by atoms with E-state index in [0.717, 1.165) is 71.4 Å². The highest BCUT2D eigenvalue weighted by Crippen LogP contribution is 2.44. The van der Waals surface area contributed by atoms with Crippen LogP contribution in [0.1, 0.15) is 42.5 Å². The van der Waals surface area contributed by atoms with E-state index < -0.39 is 0 Å². The van der Waals surface area contributed by atoms with Crippen molar-refractivity contribution in [2.75, 3.05) is 32.8 Å². The van der Waals surface area contributed by atoms with Crippen LogP contribution >= 0.6 is 11.3 Å². The Morgan fingerprint density at radius 2 is 2.15 bits per heavy atom. The van der Waals surface area contributed by atoms with Gasteiger partial charge in [0.05, 0.1) is 19.3 Å². The van der Waals surface area contributed by atoms with Crippen molar-refractivity contribution in [3.63, 3.8) is 0 Å². The maximum absolute atomic E-state index is 13.1. The zero-order chi connectivity index (χ0) is 17.6. The molecule has 0 bridgehead atoms. The number of nitrogens with one attached hydrogen (secondary N) is 1. The predicted octanol–water partition coefficient (Wildman–Crippen LogP) is 2.30. The van der Waals surface area contributed by atoms with E-state index in [9.17, 15) is 4.79 Å². The van der Waals surface area contributed by atoms with Gasteiger partial charge in [-0.05, 0) is 55.5 Å². The summed E-state index contributed by atoms with van der Waals surface area (Å²) in [5.41, 5.74) is 1.33. The molecule has 1 aromatic heterocycles. The number of thiophene rings is 1. The number of likely N-dealkylation sites (tertiary alicyclic amines) is 1. The molecule has 4 heterocycles. The maximum atomic E-state index is 13.1. The lowest BCUT2D eigenvalue weighted by atomic mass is 9.81. The van der Waals surface area contributed by atoms with Gasteiger partial charge in [0.1, 0.15) is 5.60 Å². The minimum absolute atomic E-state index is 0.130. The summed E-state index contributed by atoms with van der Waals surface area (Å²) in [6.07, 6.45) is 6.12. The fraction of sp³-hybridized carbons (Fsp3) is 0.750. The number of rotatable bonds is 1. The van der Waals surface area contributed by atoms with E-state index in [1.54, 1.807) is 0 Å². The van der Waals surface area contributed by atoms with Crippen LogP contribution in [0.25, 0.3) is 0 Å². The van der Waals surface area contributed by atoms with Crippen molar-refractivity contribution in [3.8, 4) is 0 Å². The van der Waals surface area contributed by atoms with Crippen molar-refractivity contribution in [3.05, 3.63) is 21.9 Å². The van der Waals surface area contributed by atoms with E-state index >= 15 is 0 Å². The van der Waals surface area contributed by atoms with Crippen molar-refractivity contribution in [2.45, 2.75) is 56.3 Å². The van der Waals surface area contributed by atoms with E-state index in [1.165, 1.54) is 10.4 Å². The summed E-state index contributed by atoms with van der Waals surface area (Å²) in [7, 11) is 0. The number of amides is 1. The molecule has 1 spiro atoms. The molecule has 5 nitrogen and oxygen atoms in total. The Bertz CT molecular complexity index is 668. The molecular weight excluding hydrogens is 348 g/mol. The third-order valence-corrected chi connectivity index (χ3v) is 7.91. The lowest BCUT2D eigenvalue weighted by molar-refractivity contribution is -0.147. The van der Waals surface area contributed by atoms with Gasteiger partial charge in [0.25, 0.3) is 0 Å². The summed E-state index contributed by atoms with van der Waals surface area (Å²) < 4.78 is 12.1. The largest absolute Gasteiger partial charge is 0.375 e. The average molecular weight is 377 g/mol. The van der Waals surface area contributed by atoms with E-state index in [1.807, 2.05) is 11.3 Å². The molecule has 142 valence electrons. The van der Waals surface area contributed by atoms with Gasteiger partial charge in [-0.3, -0.25) is 4.79 Å². The van der Waals surface area contributed by atoms with Crippen molar-refractivity contribution in [1.29, 1.82) is 0 Å². The Kier molecular flexibility index (Phi) is 4.55. The summed E-state index contributed by atoms with van der Waals surface area (Å²) in [6, 6.07) is 2.61. The molecule has 1 aliphatic carbocycles. The van der Waals surface area contributed by atoms with Crippen molar-refractivity contribution >= 4 is 17.2 Å². The number of carbonyl (C=O) groups is 1. The van der Waals surface area contributed by atoms with Gasteiger partial charge in [-0.25, -0.2) is 0 Å². The second kappa shape index (κ2) is 6.89. The van der Waals surface area contributed by atoms with E-state index in [2.05, 4.69) is 21.7 Å². The molecule has 3 fully saturated rings. The fourth-order valence-electron chi connectivity index (χ4n) is 5.31. The first-order valence-corrected chi connectivity index (χ1v) is 11.0. The molecule has 6 heteroatoms. The van der Waals surface area contributed by atoms with Crippen molar-refractivity contribution in [2.24, 2.45) is 5.92 Å². The molecule has 3 atom stereocenters. The lowest BCUT2D eigenvalue weighted by Gasteiger charge is -2.45. The summed E-state index contributed by atoms with van der Waals surface area (Å²) in [4.78, 5) is 16.6. The quantitative estimate of drug-likeness (QED) is 0.817. The molecule has 5 rings (SSSR count). The Hall–Kier alpha value is -0.950. The normalized spacial score (nSPS) is 33.5. The van der Waals surface area contributed by atoms with E-state index in [0.29, 0.717) is 18.1 Å². The molecule has 1 amide bonds. The van der Waals surface area contributed by atoms with Crippen LogP contribution in [-0.4, -0.2) is 55.8 Å². The number of morpholine rings is 1. The Balaban J connectivity index is 1.23. The van der Waals surface area contributed by atoms with Gasteiger partial charge >= 0.3 is 0 Å². The highest BCUT2D eigenvalue weighted by Gasteiger charge is 2.44. The average Bonchev–Trinajstić information content (AvgIpc) is 3.18. The van der Waals surface area contributed by atoms with Gasteiger partial charge in [0.15, 0.2) is 0 Å². The number of nitrogens with zero attached hydrogens (tertiary/aromatic N) is 1. The first kappa shape index (κ1) is 17.2. The van der Waals surface area contributed by atoms with Crippen LogP contribution < -0.4 is 5.32 Å². The van der Waals surface area contributed by atoms with Crippen LogP contribution in [0, 0.1) is 5.92 Å². The molecule has 0 aromatic carbocycles. The van der Waals surface area contributed by atoms with E-state index in [-0.39, 0.29) is 11.5 Å². The molecule has 3 aliphatic heterocycles. The number of hydrogen-bond acceptors (Lipinski definition) is 5. The lowest BCUT2D eigenvalue weighted by Crippen LogP contribution is -2.54. The number of hydrogen-bond donors (Lipinski definition) is 1. The Labute approximate surface area is 159 Å². The van der Waals surface area contributed by atoms with Crippen LogP contribution in [0.3, 0.4) is 0 Å². The van der Waals surface area contributed by atoms with Gasteiger partial charge < -0.3 is 19.7 Å². The molecular formula is C20H28N2O3S. The number of ether oxygens (including phenoxy) is 2. The topological polar surface area (TPSA) is 50.8 Å². The third-order valence-electron chi connectivity index (χ3n) is 6.77. The predicted molar refractivity (Wildman–Crippen MR) is 100 cm³/mol. The molecule has 1 aromatic rings. The zero-order valence-corrected chi connectivity index (χ0v) is 16.1. The minimum Gasteiger partial charge on any atom is -0.375 e. The second-order valence-electron chi connectivity index (χ2n) is 8.17. The summed E-state index contributed by atoms with van der Waals surface area (Å²) in [5.74, 6) is 0.511. The molecule has 4 aliphatic rings. The van der Waals surface area contributed by atoms with Gasteiger partial charge in [-0.2, -0.15) is 0 Å². The molecule has 1 saturated carbocycles. The Morgan fingerprint density at radius 1 is 1.27 bits per heavy atom. The summed E-state index contributed by atoms with van der Waals surface area (Å²) in [5, 5.41) is 5.74. The smallest absolute Gasteiger partial charge is 0.225 e. The van der Waals surface area contributed by atoms with Crippen LogP contribution in [-0.2, 0) is 26.3 Å². The second-order valence-corrected chi connectivity index (χ2v) is 9.09.